The van der Waals surface area contributed by atoms with Gasteiger partial charge in [-0.3, -0.25) is 14.2 Å². The minimum absolute atomic E-state index is 0.159. The number of fused-ring (bicyclic) bond motifs is 1. The summed E-state index contributed by atoms with van der Waals surface area (Å²) in [6.45, 7) is 11.5. The summed E-state index contributed by atoms with van der Waals surface area (Å²) in [5.41, 5.74) is 10.8. The summed E-state index contributed by atoms with van der Waals surface area (Å²) in [6.07, 6.45) is 9.12. The number of aromatic amines is 1. The van der Waals surface area contributed by atoms with E-state index in [1.54, 1.807) is 11.9 Å². The molecule has 0 saturated heterocycles. The fourth-order valence-electron chi connectivity index (χ4n) is 5.15. The highest BCUT2D eigenvalue weighted by atomic mass is 16.2. The van der Waals surface area contributed by atoms with E-state index in [1.165, 1.54) is 6.08 Å². The van der Waals surface area contributed by atoms with Crippen molar-refractivity contribution in [2.24, 2.45) is 7.05 Å². The molecule has 0 saturated carbocycles. The molecule has 0 atom stereocenters. The summed E-state index contributed by atoms with van der Waals surface area (Å²) in [7, 11) is 7.83. The van der Waals surface area contributed by atoms with Gasteiger partial charge in [-0.1, -0.05) is 18.7 Å². The topological polar surface area (TPSA) is 87.9 Å². The first-order chi connectivity index (χ1) is 19.1. The second-order valence-corrected chi connectivity index (χ2v) is 10.6. The molecule has 0 aliphatic heterocycles. The van der Waals surface area contributed by atoms with Crippen LogP contribution in [0.5, 0.6) is 0 Å². The molecule has 9 heteroatoms. The van der Waals surface area contributed by atoms with E-state index in [0.717, 1.165) is 80.1 Å². The van der Waals surface area contributed by atoms with Crippen LogP contribution in [0.15, 0.2) is 55.6 Å². The smallest absolute Gasteiger partial charge is 0.250 e. The Labute approximate surface area is 234 Å². The molecule has 0 spiro atoms. The fraction of sp³-hybridized carbons (Fsp3) is 0.290. The molecule has 0 fully saturated rings. The van der Waals surface area contributed by atoms with Crippen LogP contribution in [-0.4, -0.2) is 68.0 Å². The van der Waals surface area contributed by atoms with Crippen molar-refractivity contribution in [1.29, 1.82) is 0 Å². The Hall–Kier alpha value is -4.50. The number of benzene rings is 1. The van der Waals surface area contributed by atoms with Gasteiger partial charge >= 0.3 is 0 Å². The fourth-order valence-corrected chi connectivity index (χ4v) is 5.15. The van der Waals surface area contributed by atoms with Gasteiger partial charge in [0.25, 0.3) is 0 Å². The molecule has 1 amide bonds. The number of carbonyl (C=O) groups excluding carboxylic acids is 1. The number of hydrogen-bond acceptors (Lipinski definition) is 5. The molecule has 4 aromatic heterocycles. The van der Waals surface area contributed by atoms with Crippen molar-refractivity contribution in [3.05, 3.63) is 72.5 Å². The molecule has 40 heavy (non-hydrogen) atoms. The van der Waals surface area contributed by atoms with E-state index in [2.05, 4.69) is 79.0 Å². The van der Waals surface area contributed by atoms with Crippen molar-refractivity contribution >= 4 is 22.6 Å². The van der Waals surface area contributed by atoms with Gasteiger partial charge < -0.3 is 14.8 Å². The van der Waals surface area contributed by atoms with E-state index in [-0.39, 0.29) is 5.91 Å². The van der Waals surface area contributed by atoms with Gasteiger partial charge in [-0.05, 0) is 63.7 Å². The molecule has 206 valence electrons. The second kappa shape index (κ2) is 10.6. The minimum Gasteiger partial charge on any atom is -0.339 e. The number of aryl methyl sites for hydroxylation is 3. The van der Waals surface area contributed by atoms with E-state index >= 15 is 0 Å². The molecule has 1 N–H and O–H groups in total. The molecule has 0 bridgehead atoms. The minimum atomic E-state index is -0.159. The number of hydrogen-bond donors (Lipinski definition) is 1. The highest BCUT2D eigenvalue weighted by molar-refractivity contribution is 6.07. The Kier molecular flexibility index (Phi) is 7.16. The first-order valence-electron chi connectivity index (χ1n) is 13.3. The predicted octanol–water partition coefficient (Wildman–Crippen LogP) is 5.13. The van der Waals surface area contributed by atoms with Crippen molar-refractivity contribution in [2.45, 2.75) is 27.3 Å². The third-order valence-electron chi connectivity index (χ3n) is 7.67. The number of rotatable bonds is 8. The number of likely N-dealkylation sites (N-methyl/N-ethyl adjacent to an activating group) is 2. The van der Waals surface area contributed by atoms with E-state index in [4.69, 9.17) is 4.98 Å². The zero-order chi connectivity index (χ0) is 28.7. The van der Waals surface area contributed by atoms with Crippen LogP contribution in [0.2, 0.25) is 0 Å². The highest BCUT2D eigenvalue weighted by Crippen LogP contribution is 2.43. The number of H-pyrrole nitrogens is 1. The number of anilines is 1. The van der Waals surface area contributed by atoms with Gasteiger partial charge in [0.15, 0.2) is 0 Å². The van der Waals surface area contributed by atoms with Crippen LogP contribution in [0.25, 0.3) is 44.5 Å². The summed E-state index contributed by atoms with van der Waals surface area (Å²) < 4.78 is 3.84. The first kappa shape index (κ1) is 27.1. The maximum Gasteiger partial charge on any atom is 0.250 e. The van der Waals surface area contributed by atoms with E-state index < -0.39 is 0 Å². The van der Waals surface area contributed by atoms with Crippen molar-refractivity contribution in [2.75, 3.05) is 32.6 Å². The van der Waals surface area contributed by atoms with E-state index in [0.29, 0.717) is 0 Å². The Balaban J connectivity index is 1.76. The molecular weight excluding hydrogens is 500 g/mol. The summed E-state index contributed by atoms with van der Waals surface area (Å²) in [5, 5.41) is 10.1. The van der Waals surface area contributed by atoms with Crippen molar-refractivity contribution in [3.63, 3.8) is 0 Å². The number of nitrogens with one attached hydrogen (secondary N) is 1. The molecule has 0 aliphatic carbocycles. The molecule has 1 aromatic carbocycles. The average Bonchev–Trinajstić information content (AvgIpc) is 3.65. The summed E-state index contributed by atoms with van der Waals surface area (Å²) in [6, 6.07) is 6.23. The summed E-state index contributed by atoms with van der Waals surface area (Å²) in [4.78, 5) is 24.8. The standard InChI is InChI=1S/C31H36N8O/c1-9-27(40)37(7)26-14-22(11-10-19(26)2)29-28-20(3)24(25-17-33-38(8)21(25)4)16-32-31(28)35-30(29)23-15-34-39(18-23)13-12-36(5)6/h9-11,14-18H,1,12-13H2,2-8H3,(H,32,35). The Morgan fingerprint density at radius 1 is 1.05 bits per heavy atom. The van der Waals surface area contributed by atoms with E-state index in [1.807, 2.05) is 41.9 Å². The molecule has 5 rings (SSSR count). The van der Waals surface area contributed by atoms with E-state index in [9.17, 15) is 4.79 Å². The lowest BCUT2D eigenvalue weighted by molar-refractivity contribution is -0.113. The second-order valence-electron chi connectivity index (χ2n) is 10.6. The third-order valence-corrected chi connectivity index (χ3v) is 7.67. The summed E-state index contributed by atoms with van der Waals surface area (Å²) in [5.74, 6) is -0.159. The van der Waals surface area contributed by atoms with Crippen LogP contribution in [0.1, 0.15) is 16.8 Å². The van der Waals surface area contributed by atoms with Crippen LogP contribution in [0.3, 0.4) is 0 Å². The molecule has 9 nitrogen and oxygen atoms in total. The van der Waals surface area contributed by atoms with Crippen LogP contribution in [-0.2, 0) is 18.4 Å². The lowest BCUT2D eigenvalue weighted by atomic mass is 9.93. The largest absolute Gasteiger partial charge is 0.339 e. The quantitative estimate of drug-likeness (QED) is 0.278. The number of nitrogens with zero attached hydrogens (tertiary/aromatic N) is 7. The molecule has 0 radical (unpaired) electrons. The summed E-state index contributed by atoms with van der Waals surface area (Å²) >= 11 is 0. The maximum atomic E-state index is 12.5. The van der Waals surface area contributed by atoms with Crippen LogP contribution in [0.4, 0.5) is 5.69 Å². The Morgan fingerprint density at radius 3 is 2.50 bits per heavy atom. The van der Waals surface area contributed by atoms with Gasteiger partial charge in [-0.25, -0.2) is 4.98 Å². The molecule has 0 unspecified atom stereocenters. The third kappa shape index (κ3) is 4.73. The van der Waals surface area contributed by atoms with Crippen molar-refractivity contribution < 1.29 is 4.79 Å². The molecule has 5 aromatic rings. The molecular formula is C31H36N8O. The van der Waals surface area contributed by atoms with Gasteiger partial charge in [0.2, 0.25) is 5.91 Å². The monoisotopic (exact) mass is 536 g/mol. The highest BCUT2D eigenvalue weighted by Gasteiger charge is 2.23. The normalized spacial score (nSPS) is 11.5. The number of aromatic nitrogens is 6. The zero-order valence-electron chi connectivity index (χ0n) is 24.3. The maximum absolute atomic E-state index is 12.5. The van der Waals surface area contributed by atoms with Gasteiger partial charge in [-0.15, -0.1) is 0 Å². The SMILES string of the molecule is C=CC(=O)N(C)c1cc(-c2c(-c3cnn(CCN(C)C)c3)[nH]c3ncc(-c4cnn(C)c4C)c(C)c23)ccc1C. The number of carbonyl (C=O) groups is 1. The predicted molar refractivity (Wildman–Crippen MR) is 161 cm³/mol. The first-order valence-corrected chi connectivity index (χ1v) is 13.3. The van der Waals surface area contributed by atoms with Gasteiger partial charge in [0.05, 0.1) is 24.6 Å². The molecule has 0 aliphatic rings. The van der Waals surface area contributed by atoms with Gasteiger partial charge in [0, 0.05) is 72.1 Å². The molecule has 4 heterocycles. The average molecular weight is 537 g/mol. The van der Waals surface area contributed by atoms with Crippen molar-refractivity contribution in [1.82, 2.24) is 34.4 Å². The van der Waals surface area contributed by atoms with Gasteiger partial charge in [-0.2, -0.15) is 10.2 Å². The Bertz CT molecular complexity index is 1740. The van der Waals surface area contributed by atoms with Crippen LogP contribution in [0, 0.1) is 20.8 Å². The number of pyridine rings is 1. The number of amides is 1. The van der Waals surface area contributed by atoms with Crippen molar-refractivity contribution in [3.8, 4) is 33.5 Å². The lowest BCUT2D eigenvalue weighted by Gasteiger charge is -2.19. The van der Waals surface area contributed by atoms with Crippen LogP contribution >= 0.6 is 0 Å². The Morgan fingerprint density at radius 2 is 1.82 bits per heavy atom. The zero-order valence-corrected chi connectivity index (χ0v) is 24.3. The van der Waals surface area contributed by atoms with Crippen LogP contribution < -0.4 is 4.90 Å². The lowest BCUT2D eigenvalue weighted by Crippen LogP contribution is -2.24. The van der Waals surface area contributed by atoms with Gasteiger partial charge in [0.1, 0.15) is 5.65 Å².